The molecule has 1 aromatic heterocycles. The van der Waals surface area contributed by atoms with E-state index in [9.17, 15) is 18.8 Å². The molecule has 1 aromatic carbocycles. The molecule has 7 heteroatoms. The highest BCUT2D eigenvalue weighted by atomic mass is 19.1. The van der Waals surface area contributed by atoms with Gasteiger partial charge in [-0.25, -0.2) is 9.18 Å². The summed E-state index contributed by atoms with van der Waals surface area (Å²) >= 11 is 0. The first kappa shape index (κ1) is 13.5. The number of benzene rings is 1. The second-order valence-electron chi connectivity index (χ2n) is 3.85. The number of halogens is 1. The lowest BCUT2D eigenvalue weighted by atomic mass is 10.1. The van der Waals surface area contributed by atoms with Crippen LogP contribution in [0.4, 0.5) is 10.1 Å². The summed E-state index contributed by atoms with van der Waals surface area (Å²) < 4.78 is 13.4. The summed E-state index contributed by atoms with van der Waals surface area (Å²) in [5.74, 6) is -3.20. The molecule has 0 spiro atoms. The van der Waals surface area contributed by atoms with Crippen molar-refractivity contribution in [3.05, 3.63) is 63.8 Å². The molecule has 20 heavy (non-hydrogen) atoms. The van der Waals surface area contributed by atoms with E-state index in [1.54, 1.807) is 0 Å². The Labute approximate surface area is 111 Å². The first-order valence-electron chi connectivity index (χ1n) is 5.51. The fourth-order valence-corrected chi connectivity index (χ4v) is 1.62. The van der Waals surface area contributed by atoms with E-state index >= 15 is 0 Å². The normalized spacial score (nSPS) is 10.1. The molecule has 0 aliphatic rings. The van der Waals surface area contributed by atoms with Crippen molar-refractivity contribution in [1.82, 2.24) is 4.98 Å². The summed E-state index contributed by atoms with van der Waals surface area (Å²) in [5.41, 5.74) is -1.36. The monoisotopic (exact) mass is 276 g/mol. The van der Waals surface area contributed by atoms with Gasteiger partial charge in [-0.1, -0.05) is 12.1 Å². The van der Waals surface area contributed by atoms with Crippen LogP contribution in [0.15, 0.2) is 41.2 Å². The number of nitrogens with one attached hydrogen (secondary N) is 2. The summed E-state index contributed by atoms with van der Waals surface area (Å²) in [6, 6.07) is 7.44. The lowest BCUT2D eigenvalue weighted by Gasteiger charge is -2.08. The minimum atomic E-state index is -1.50. The van der Waals surface area contributed by atoms with Crippen LogP contribution in [-0.4, -0.2) is 22.0 Å². The Morgan fingerprint density at radius 2 is 1.85 bits per heavy atom. The number of anilines is 1. The van der Waals surface area contributed by atoms with Crippen molar-refractivity contribution in [3.63, 3.8) is 0 Å². The van der Waals surface area contributed by atoms with Crippen LogP contribution in [0.2, 0.25) is 0 Å². The molecule has 0 saturated carbocycles. The number of carboxylic acid groups (broad SMARTS) is 1. The number of amides is 1. The Hall–Kier alpha value is -2.96. The number of carboxylic acids is 1. The first-order chi connectivity index (χ1) is 9.49. The van der Waals surface area contributed by atoms with Gasteiger partial charge < -0.3 is 15.4 Å². The number of aromatic carboxylic acids is 1. The number of aromatic nitrogens is 1. The van der Waals surface area contributed by atoms with Gasteiger partial charge in [-0.05, 0) is 18.2 Å². The van der Waals surface area contributed by atoms with Crippen LogP contribution in [0.1, 0.15) is 20.8 Å². The van der Waals surface area contributed by atoms with Gasteiger partial charge in [-0.3, -0.25) is 9.59 Å². The minimum absolute atomic E-state index is 0.0573. The van der Waals surface area contributed by atoms with Crippen LogP contribution in [0, 0.1) is 5.82 Å². The Kier molecular flexibility index (Phi) is 3.60. The van der Waals surface area contributed by atoms with Gasteiger partial charge in [-0.2, -0.15) is 0 Å². The molecule has 0 bridgehead atoms. The Morgan fingerprint density at radius 1 is 1.15 bits per heavy atom. The van der Waals surface area contributed by atoms with E-state index in [0.29, 0.717) is 0 Å². The Balaban J connectivity index is 2.36. The molecule has 0 saturated heterocycles. The van der Waals surface area contributed by atoms with E-state index < -0.39 is 28.8 Å². The lowest BCUT2D eigenvalue weighted by Crippen LogP contribution is -2.19. The fraction of sp³-hybridized carbons (Fsp3) is 0. The van der Waals surface area contributed by atoms with Gasteiger partial charge in [0.25, 0.3) is 5.91 Å². The van der Waals surface area contributed by atoms with Gasteiger partial charge in [0.05, 0.1) is 5.69 Å². The van der Waals surface area contributed by atoms with Crippen molar-refractivity contribution in [1.29, 1.82) is 0 Å². The smallest absolute Gasteiger partial charge is 0.340 e. The summed E-state index contributed by atoms with van der Waals surface area (Å²) in [7, 11) is 0. The molecule has 1 amide bonds. The van der Waals surface area contributed by atoms with Crippen molar-refractivity contribution < 1.29 is 19.1 Å². The first-order valence-corrected chi connectivity index (χ1v) is 5.51. The molecule has 0 unspecified atom stereocenters. The number of hydrogen-bond donors (Lipinski definition) is 3. The molecule has 3 N–H and O–H groups in total. The van der Waals surface area contributed by atoms with Crippen molar-refractivity contribution >= 4 is 17.6 Å². The maximum atomic E-state index is 13.4. The van der Waals surface area contributed by atoms with Crippen LogP contribution in [0.3, 0.4) is 0 Å². The third-order valence-electron chi connectivity index (χ3n) is 2.49. The topological polar surface area (TPSA) is 99.3 Å². The number of H-pyrrole nitrogens is 1. The maximum absolute atomic E-state index is 13.4. The van der Waals surface area contributed by atoms with E-state index in [1.165, 1.54) is 30.3 Å². The van der Waals surface area contributed by atoms with Crippen LogP contribution < -0.4 is 10.9 Å². The molecule has 0 fully saturated rings. The summed E-state index contributed by atoms with van der Waals surface area (Å²) in [5, 5.41) is 11.2. The molecule has 0 atom stereocenters. The second kappa shape index (κ2) is 5.35. The van der Waals surface area contributed by atoms with Gasteiger partial charge in [-0.15, -0.1) is 0 Å². The SMILES string of the molecule is O=C(Nc1cccc(F)c1C(=O)O)c1cccc(=O)[nH]1. The Bertz CT molecular complexity index is 739. The predicted octanol–water partition coefficient (Wildman–Crippen LogP) is 1.46. The van der Waals surface area contributed by atoms with Crippen molar-refractivity contribution in [2.45, 2.75) is 0 Å². The average Bonchev–Trinajstić information content (AvgIpc) is 2.38. The number of pyridine rings is 1. The van der Waals surface area contributed by atoms with E-state index in [0.717, 1.165) is 6.07 Å². The number of aromatic amines is 1. The molecule has 0 aliphatic heterocycles. The van der Waals surface area contributed by atoms with E-state index in [2.05, 4.69) is 10.3 Å². The van der Waals surface area contributed by atoms with Gasteiger partial charge >= 0.3 is 5.97 Å². The lowest BCUT2D eigenvalue weighted by molar-refractivity contribution is 0.0693. The number of carbonyl (C=O) groups is 2. The van der Waals surface area contributed by atoms with Crippen molar-refractivity contribution in [2.24, 2.45) is 0 Å². The van der Waals surface area contributed by atoms with Gasteiger partial charge in [0.2, 0.25) is 5.56 Å². The van der Waals surface area contributed by atoms with Gasteiger partial charge in [0.1, 0.15) is 17.1 Å². The molecular weight excluding hydrogens is 267 g/mol. The number of rotatable bonds is 3. The Morgan fingerprint density at radius 3 is 2.50 bits per heavy atom. The summed E-state index contributed by atoms with van der Waals surface area (Å²) in [6.07, 6.45) is 0. The summed E-state index contributed by atoms with van der Waals surface area (Å²) in [4.78, 5) is 36.2. The van der Waals surface area contributed by atoms with E-state index in [4.69, 9.17) is 5.11 Å². The summed E-state index contributed by atoms with van der Waals surface area (Å²) in [6.45, 7) is 0. The van der Waals surface area contributed by atoms with Crippen LogP contribution in [-0.2, 0) is 0 Å². The standard InChI is InChI=1S/C13H9FN2O4/c14-7-3-1-4-8(11(7)13(19)20)16-12(18)9-5-2-6-10(17)15-9/h1-6H,(H,15,17)(H,16,18)(H,19,20). The van der Waals surface area contributed by atoms with Crippen LogP contribution in [0.25, 0.3) is 0 Å². The fourth-order valence-electron chi connectivity index (χ4n) is 1.62. The zero-order valence-corrected chi connectivity index (χ0v) is 10.0. The third kappa shape index (κ3) is 2.72. The molecule has 0 aliphatic carbocycles. The van der Waals surface area contributed by atoms with Crippen molar-refractivity contribution in [2.75, 3.05) is 5.32 Å². The molecule has 1 heterocycles. The zero-order valence-electron chi connectivity index (χ0n) is 10.0. The highest BCUT2D eigenvalue weighted by molar-refractivity contribution is 6.06. The van der Waals surface area contributed by atoms with Crippen LogP contribution >= 0.6 is 0 Å². The minimum Gasteiger partial charge on any atom is -0.478 e. The number of carbonyl (C=O) groups excluding carboxylic acids is 1. The predicted molar refractivity (Wildman–Crippen MR) is 68.4 cm³/mol. The van der Waals surface area contributed by atoms with Crippen LogP contribution in [0.5, 0.6) is 0 Å². The third-order valence-corrected chi connectivity index (χ3v) is 2.49. The maximum Gasteiger partial charge on any atom is 0.340 e. The second-order valence-corrected chi connectivity index (χ2v) is 3.85. The molecule has 2 aromatic rings. The van der Waals surface area contributed by atoms with Crippen molar-refractivity contribution in [3.8, 4) is 0 Å². The largest absolute Gasteiger partial charge is 0.478 e. The highest BCUT2D eigenvalue weighted by Gasteiger charge is 2.18. The van der Waals surface area contributed by atoms with E-state index in [1.807, 2.05) is 0 Å². The molecule has 2 rings (SSSR count). The molecular formula is C13H9FN2O4. The van der Waals surface area contributed by atoms with Gasteiger partial charge in [0, 0.05) is 6.07 Å². The molecule has 6 nitrogen and oxygen atoms in total. The molecule has 102 valence electrons. The molecule has 0 radical (unpaired) electrons. The number of hydrogen-bond acceptors (Lipinski definition) is 3. The van der Waals surface area contributed by atoms with Gasteiger partial charge in [0.15, 0.2) is 0 Å². The average molecular weight is 276 g/mol. The highest BCUT2D eigenvalue weighted by Crippen LogP contribution is 2.19. The van der Waals surface area contributed by atoms with E-state index in [-0.39, 0.29) is 11.4 Å². The zero-order chi connectivity index (χ0) is 14.7. The quantitative estimate of drug-likeness (QED) is 0.790.